The average Bonchev–Trinajstić information content (AvgIpc) is 2.13. The summed E-state index contributed by atoms with van der Waals surface area (Å²) < 4.78 is 74.5. The highest BCUT2D eigenvalue weighted by Gasteiger charge is 2.34. The summed E-state index contributed by atoms with van der Waals surface area (Å²) in [5, 5.41) is 0. The van der Waals surface area contributed by atoms with Crippen LogP contribution in [-0.4, -0.2) is 19.3 Å². The van der Waals surface area contributed by atoms with Crippen molar-refractivity contribution in [1.29, 1.82) is 0 Å². The highest BCUT2D eigenvalue weighted by Crippen LogP contribution is 2.38. The SMILES string of the molecule is O=S(=O)(O)c1cccc(OC(F)(F)F)c1OI. The molecule has 0 spiro atoms. The first-order chi connectivity index (χ1) is 7.65. The maximum absolute atomic E-state index is 12.0. The lowest BCUT2D eigenvalue weighted by atomic mass is 10.3. The number of benzene rings is 1. The van der Waals surface area contributed by atoms with Crippen LogP contribution in [0.3, 0.4) is 0 Å². The third-order valence-electron chi connectivity index (χ3n) is 1.52. The summed E-state index contributed by atoms with van der Waals surface area (Å²) in [7, 11) is -4.70. The predicted molar refractivity (Wildman–Crippen MR) is 57.6 cm³/mol. The molecule has 0 aromatic heterocycles. The van der Waals surface area contributed by atoms with Crippen LogP contribution in [0.5, 0.6) is 11.5 Å². The van der Waals surface area contributed by atoms with Gasteiger partial charge in [-0.15, -0.1) is 13.2 Å². The van der Waals surface area contributed by atoms with Gasteiger partial charge in [0.15, 0.2) is 34.5 Å². The summed E-state index contributed by atoms with van der Waals surface area (Å²) in [5.74, 6) is -1.59. The van der Waals surface area contributed by atoms with Gasteiger partial charge in [0.2, 0.25) is 0 Å². The molecule has 0 amide bonds. The van der Waals surface area contributed by atoms with Crippen molar-refractivity contribution in [3.8, 4) is 11.5 Å². The van der Waals surface area contributed by atoms with Crippen LogP contribution < -0.4 is 7.80 Å². The lowest BCUT2D eigenvalue weighted by Gasteiger charge is -2.13. The molecule has 96 valence electrons. The van der Waals surface area contributed by atoms with Gasteiger partial charge in [0.1, 0.15) is 4.90 Å². The van der Waals surface area contributed by atoms with Gasteiger partial charge in [-0.2, -0.15) is 8.42 Å². The maximum atomic E-state index is 12.0. The Balaban J connectivity index is 3.34. The summed E-state index contributed by atoms with van der Waals surface area (Å²) in [6.45, 7) is 0. The first-order valence-electron chi connectivity index (χ1n) is 3.80. The number of para-hydroxylation sites is 1. The van der Waals surface area contributed by atoms with E-state index in [-0.39, 0.29) is 0 Å². The second-order valence-corrected chi connectivity index (χ2v) is 4.51. The molecule has 10 heteroatoms. The summed E-state index contributed by atoms with van der Waals surface area (Å²) in [6.07, 6.45) is -5.00. The minimum atomic E-state index is -5.00. The Morgan fingerprint density at radius 3 is 2.29 bits per heavy atom. The third-order valence-corrected chi connectivity index (χ3v) is 2.84. The van der Waals surface area contributed by atoms with Gasteiger partial charge < -0.3 is 7.80 Å². The lowest BCUT2D eigenvalue weighted by molar-refractivity contribution is -0.275. The van der Waals surface area contributed by atoms with Crippen molar-refractivity contribution >= 4 is 33.1 Å². The van der Waals surface area contributed by atoms with E-state index in [1.807, 2.05) is 0 Å². The minimum Gasteiger partial charge on any atom is -0.422 e. The minimum absolute atomic E-state index is 0.729. The van der Waals surface area contributed by atoms with Gasteiger partial charge >= 0.3 is 6.36 Å². The second-order valence-electron chi connectivity index (χ2n) is 2.68. The zero-order valence-corrected chi connectivity index (χ0v) is 10.7. The molecule has 1 rings (SSSR count). The van der Waals surface area contributed by atoms with Crippen LogP contribution >= 0.6 is 23.0 Å². The fraction of sp³-hybridized carbons (Fsp3) is 0.143. The molecular weight excluding hydrogens is 380 g/mol. The molecule has 0 aliphatic heterocycles. The van der Waals surface area contributed by atoms with Crippen molar-refractivity contribution in [2.75, 3.05) is 0 Å². The van der Waals surface area contributed by atoms with Crippen molar-refractivity contribution < 1.29 is 33.9 Å². The van der Waals surface area contributed by atoms with E-state index in [2.05, 4.69) is 7.80 Å². The summed E-state index contributed by atoms with van der Waals surface area (Å²) in [6, 6.07) is 2.71. The fourth-order valence-electron chi connectivity index (χ4n) is 0.980. The number of alkyl halides is 3. The Kier molecular flexibility index (Phi) is 4.09. The smallest absolute Gasteiger partial charge is 0.422 e. The highest BCUT2D eigenvalue weighted by atomic mass is 127. The Bertz CT molecular complexity index is 513. The van der Waals surface area contributed by atoms with E-state index in [4.69, 9.17) is 4.55 Å². The predicted octanol–water partition coefficient (Wildman–Crippen LogP) is 2.56. The molecule has 0 saturated heterocycles. The topological polar surface area (TPSA) is 72.8 Å². The number of hydrogen-bond donors (Lipinski definition) is 1. The molecule has 1 N–H and O–H groups in total. The van der Waals surface area contributed by atoms with Crippen molar-refractivity contribution in [2.45, 2.75) is 11.3 Å². The van der Waals surface area contributed by atoms with Crippen LogP contribution in [-0.2, 0) is 10.1 Å². The van der Waals surface area contributed by atoms with Gasteiger partial charge in [-0.05, 0) is 12.1 Å². The van der Waals surface area contributed by atoms with Crippen LogP contribution in [0.4, 0.5) is 13.2 Å². The zero-order chi connectivity index (χ0) is 13.3. The molecule has 0 bridgehead atoms. The van der Waals surface area contributed by atoms with E-state index in [0.29, 0.717) is 0 Å². The van der Waals surface area contributed by atoms with Crippen LogP contribution in [0.25, 0.3) is 0 Å². The first kappa shape index (κ1) is 14.3. The highest BCUT2D eigenvalue weighted by molar-refractivity contribution is 14.1. The lowest BCUT2D eigenvalue weighted by Crippen LogP contribution is -2.18. The molecule has 0 radical (unpaired) electrons. The second kappa shape index (κ2) is 4.86. The molecule has 17 heavy (non-hydrogen) atoms. The molecule has 1 aromatic rings. The molecule has 0 aliphatic rings. The van der Waals surface area contributed by atoms with Crippen LogP contribution in [0.1, 0.15) is 0 Å². The molecule has 0 aliphatic carbocycles. The molecule has 0 atom stereocenters. The number of ether oxygens (including phenoxy) is 1. The molecule has 0 saturated carbocycles. The molecule has 5 nitrogen and oxygen atoms in total. The van der Waals surface area contributed by atoms with Crippen molar-refractivity contribution in [2.24, 2.45) is 0 Å². The first-order valence-corrected chi connectivity index (χ1v) is 6.12. The van der Waals surface area contributed by atoms with Crippen LogP contribution in [0.15, 0.2) is 23.1 Å². The Morgan fingerprint density at radius 1 is 1.29 bits per heavy atom. The molecule has 0 fully saturated rings. The third kappa shape index (κ3) is 3.89. The quantitative estimate of drug-likeness (QED) is 0.641. The van der Waals surface area contributed by atoms with Gasteiger partial charge in [0, 0.05) is 0 Å². The van der Waals surface area contributed by atoms with Gasteiger partial charge in [-0.1, -0.05) is 6.07 Å². The van der Waals surface area contributed by atoms with Crippen LogP contribution in [0, 0.1) is 0 Å². The standard InChI is InChI=1S/C7H4F3IO5S/c8-7(9,10)15-4-2-1-3-5(6(4)16-11)17(12,13)14/h1-3H,(H,12,13,14). The monoisotopic (exact) mass is 384 g/mol. The van der Waals surface area contributed by atoms with Crippen molar-refractivity contribution in [1.82, 2.24) is 0 Å². The largest absolute Gasteiger partial charge is 0.573 e. The zero-order valence-electron chi connectivity index (χ0n) is 7.73. The van der Waals surface area contributed by atoms with E-state index in [9.17, 15) is 21.6 Å². The number of hydrogen-bond acceptors (Lipinski definition) is 4. The van der Waals surface area contributed by atoms with E-state index in [0.717, 1.165) is 18.2 Å². The number of rotatable bonds is 3. The normalized spacial score (nSPS) is 12.3. The van der Waals surface area contributed by atoms with Gasteiger partial charge in [0.05, 0.1) is 0 Å². The van der Waals surface area contributed by atoms with Crippen molar-refractivity contribution in [3.05, 3.63) is 18.2 Å². The van der Waals surface area contributed by atoms with E-state index < -0.39 is 32.9 Å². The summed E-state index contributed by atoms with van der Waals surface area (Å²) in [4.78, 5) is -0.811. The number of halogens is 4. The van der Waals surface area contributed by atoms with Gasteiger partial charge in [0.25, 0.3) is 10.1 Å². The van der Waals surface area contributed by atoms with Crippen molar-refractivity contribution in [3.63, 3.8) is 0 Å². The van der Waals surface area contributed by atoms with E-state index in [1.54, 1.807) is 0 Å². The van der Waals surface area contributed by atoms with E-state index >= 15 is 0 Å². The maximum Gasteiger partial charge on any atom is 0.573 e. The Morgan fingerprint density at radius 2 is 1.88 bits per heavy atom. The molecule has 1 aromatic carbocycles. The molecule has 0 unspecified atom stereocenters. The summed E-state index contributed by atoms with van der Waals surface area (Å²) >= 11 is 1.17. The molecule has 0 heterocycles. The average molecular weight is 384 g/mol. The van der Waals surface area contributed by atoms with E-state index in [1.165, 1.54) is 23.0 Å². The van der Waals surface area contributed by atoms with Gasteiger partial charge in [-0.3, -0.25) is 4.55 Å². The summed E-state index contributed by atoms with van der Waals surface area (Å²) in [5.41, 5.74) is 0. The Hall–Kier alpha value is -0.750. The van der Waals surface area contributed by atoms with Gasteiger partial charge in [-0.25, -0.2) is 0 Å². The fourth-order valence-corrected chi connectivity index (χ4v) is 2.21. The Labute approximate surface area is 108 Å². The van der Waals surface area contributed by atoms with Crippen LogP contribution in [0.2, 0.25) is 0 Å². The molecular formula is C7H4F3IO5S.